The Kier molecular flexibility index (Phi) is 6.50. The van der Waals surface area contributed by atoms with E-state index in [0.29, 0.717) is 17.8 Å². The van der Waals surface area contributed by atoms with Gasteiger partial charge in [0, 0.05) is 5.92 Å². The fourth-order valence-electron chi connectivity index (χ4n) is 5.80. The lowest BCUT2D eigenvalue weighted by atomic mass is 9.77. The van der Waals surface area contributed by atoms with Crippen LogP contribution < -0.4 is 0 Å². The summed E-state index contributed by atoms with van der Waals surface area (Å²) in [6.07, 6.45) is 9.52. The molecule has 0 saturated carbocycles. The van der Waals surface area contributed by atoms with Crippen LogP contribution in [-0.4, -0.2) is 0 Å². The maximum Gasteiger partial charge on any atom is 0.0101 e. The summed E-state index contributed by atoms with van der Waals surface area (Å²) in [6.45, 7) is 7.09. The minimum Gasteiger partial charge on any atom is -0.0811 e. The van der Waals surface area contributed by atoms with Crippen LogP contribution in [0, 0.1) is 17.8 Å². The van der Waals surface area contributed by atoms with Crippen LogP contribution in [-0.2, 0) is 0 Å². The first-order chi connectivity index (χ1) is 16.6. The highest BCUT2D eigenvalue weighted by atomic mass is 14.4. The van der Waals surface area contributed by atoms with Crippen LogP contribution in [0.1, 0.15) is 50.3 Å². The lowest BCUT2D eigenvalue weighted by Gasteiger charge is -2.27. The maximum atomic E-state index is 2.49. The Morgan fingerprint density at radius 3 is 1.71 bits per heavy atom. The topological polar surface area (TPSA) is 0 Å². The second-order valence-corrected chi connectivity index (χ2v) is 9.89. The first-order valence-corrected chi connectivity index (χ1v) is 12.6. The second-order valence-electron chi connectivity index (χ2n) is 9.89. The molecule has 2 aliphatic carbocycles. The van der Waals surface area contributed by atoms with Gasteiger partial charge in [0.05, 0.1) is 0 Å². The van der Waals surface area contributed by atoms with Gasteiger partial charge in [0.1, 0.15) is 0 Å². The van der Waals surface area contributed by atoms with Gasteiger partial charge in [0.25, 0.3) is 0 Å². The quantitative estimate of drug-likeness (QED) is 0.378. The van der Waals surface area contributed by atoms with Crippen molar-refractivity contribution in [2.24, 2.45) is 17.8 Å². The van der Waals surface area contributed by atoms with Crippen molar-refractivity contribution in [2.75, 3.05) is 0 Å². The van der Waals surface area contributed by atoms with Crippen molar-refractivity contribution in [3.8, 4) is 0 Å². The normalized spacial score (nSPS) is 23.0. The molecule has 0 aromatic heterocycles. The zero-order valence-electron chi connectivity index (χ0n) is 20.5. The number of hydrogen-bond donors (Lipinski definition) is 0. The molecule has 0 heterocycles. The molecule has 3 unspecified atom stereocenters. The van der Waals surface area contributed by atoms with Gasteiger partial charge in [-0.15, -0.1) is 0 Å². The minimum atomic E-state index is 0.376. The highest BCUT2D eigenvalue weighted by Gasteiger charge is 2.32. The molecular formula is C34H34. The number of hydrogen-bond acceptors (Lipinski definition) is 0. The van der Waals surface area contributed by atoms with Crippen LogP contribution in [0.25, 0.3) is 16.7 Å². The van der Waals surface area contributed by atoms with Crippen LogP contribution in [0.2, 0.25) is 0 Å². The van der Waals surface area contributed by atoms with E-state index in [-0.39, 0.29) is 0 Å². The number of allylic oxidation sites excluding steroid dienone is 8. The largest absolute Gasteiger partial charge is 0.0811 e. The van der Waals surface area contributed by atoms with Crippen molar-refractivity contribution in [1.82, 2.24) is 0 Å². The molecular weight excluding hydrogens is 408 g/mol. The molecule has 5 rings (SSSR count). The lowest BCUT2D eigenvalue weighted by molar-refractivity contribution is 0.586. The third kappa shape index (κ3) is 4.38. The van der Waals surface area contributed by atoms with Crippen molar-refractivity contribution in [2.45, 2.75) is 33.6 Å². The Hall–Kier alpha value is -3.38. The second kappa shape index (κ2) is 9.85. The number of benzene rings is 3. The Morgan fingerprint density at radius 1 is 0.647 bits per heavy atom. The first kappa shape index (κ1) is 22.4. The molecule has 0 heteroatoms. The van der Waals surface area contributed by atoms with E-state index in [4.69, 9.17) is 0 Å². The van der Waals surface area contributed by atoms with Crippen LogP contribution in [0.15, 0.2) is 120 Å². The van der Waals surface area contributed by atoms with Gasteiger partial charge in [0.2, 0.25) is 0 Å². The van der Waals surface area contributed by atoms with E-state index in [1.165, 1.54) is 44.6 Å². The van der Waals surface area contributed by atoms with Gasteiger partial charge in [-0.2, -0.15) is 0 Å². The van der Waals surface area contributed by atoms with Crippen molar-refractivity contribution in [3.05, 3.63) is 137 Å². The minimum absolute atomic E-state index is 0.376. The summed E-state index contributed by atoms with van der Waals surface area (Å²) in [6, 6.07) is 33.1. The van der Waals surface area contributed by atoms with Crippen molar-refractivity contribution >= 4 is 16.7 Å². The molecule has 0 aliphatic heterocycles. The van der Waals surface area contributed by atoms with E-state index in [9.17, 15) is 0 Å². The zero-order valence-corrected chi connectivity index (χ0v) is 20.5. The predicted octanol–water partition coefficient (Wildman–Crippen LogP) is 9.25. The summed E-state index contributed by atoms with van der Waals surface area (Å²) in [4.78, 5) is 0. The molecule has 0 N–H and O–H groups in total. The fourth-order valence-corrected chi connectivity index (χ4v) is 5.80. The molecule has 0 radical (unpaired) electrons. The van der Waals surface area contributed by atoms with E-state index in [0.717, 1.165) is 12.8 Å². The highest BCUT2D eigenvalue weighted by Crippen LogP contribution is 2.50. The monoisotopic (exact) mass is 442 g/mol. The predicted molar refractivity (Wildman–Crippen MR) is 147 cm³/mol. The molecule has 0 amide bonds. The SMILES string of the molecule is CC1=C(c2ccccc2)C(C2=CCC(C)C=C2)CC(C)C(c2ccccc2)=C1c1ccccc1. The standard InChI is InChI=1S/C34H34/c1-24-19-21-27(22-20-24)31-23-25(2)32(28-13-7-4-8-14-28)34(30-17-11-6-12-18-30)26(3)33(31)29-15-9-5-10-16-29/h4-19,21-22,24-25,31H,20,23H2,1-3H3. The third-order valence-corrected chi connectivity index (χ3v) is 7.46. The van der Waals surface area contributed by atoms with E-state index in [1.807, 2.05) is 0 Å². The zero-order chi connectivity index (χ0) is 23.5. The van der Waals surface area contributed by atoms with E-state index >= 15 is 0 Å². The molecule has 0 nitrogen and oxygen atoms in total. The van der Waals surface area contributed by atoms with Gasteiger partial charge in [0.15, 0.2) is 0 Å². The average Bonchev–Trinajstić information content (AvgIpc) is 2.99. The van der Waals surface area contributed by atoms with Gasteiger partial charge >= 0.3 is 0 Å². The van der Waals surface area contributed by atoms with E-state index in [2.05, 4.69) is 130 Å². The smallest absolute Gasteiger partial charge is 0.0101 e. The van der Waals surface area contributed by atoms with Crippen LogP contribution in [0.5, 0.6) is 0 Å². The summed E-state index contributed by atoms with van der Waals surface area (Å²) in [5.41, 5.74) is 11.2. The van der Waals surface area contributed by atoms with Crippen LogP contribution >= 0.6 is 0 Å². The molecule has 34 heavy (non-hydrogen) atoms. The average molecular weight is 443 g/mol. The molecule has 170 valence electrons. The fraction of sp³-hybridized carbons (Fsp3) is 0.235. The number of rotatable bonds is 4. The maximum absolute atomic E-state index is 2.49. The van der Waals surface area contributed by atoms with Crippen molar-refractivity contribution in [3.63, 3.8) is 0 Å². The lowest BCUT2D eigenvalue weighted by Crippen LogP contribution is -2.13. The van der Waals surface area contributed by atoms with Gasteiger partial charge in [-0.05, 0) is 76.2 Å². The Labute approximate surface area is 205 Å². The summed E-state index contributed by atoms with van der Waals surface area (Å²) < 4.78 is 0. The molecule has 0 fully saturated rings. The third-order valence-electron chi connectivity index (χ3n) is 7.46. The molecule has 0 saturated heterocycles. The molecule has 0 bridgehead atoms. The van der Waals surface area contributed by atoms with Crippen molar-refractivity contribution < 1.29 is 0 Å². The summed E-state index contributed by atoms with van der Waals surface area (Å²) in [5.74, 6) is 1.42. The van der Waals surface area contributed by atoms with Gasteiger partial charge in [-0.25, -0.2) is 0 Å². The van der Waals surface area contributed by atoms with Gasteiger partial charge < -0.3 is 0 Å². The van der Waals surface area contributed by atoms with Gasteiger partial charge in [-0.3, -0.25) is 0 Å². The van der Waals surface area contributed by atoms with E-state index in [1.54, 1.807) is 0 Å². The highest BCUT2D eigenvalue weighted by molar-refractivity contribution is 6.04. The van der Waals surface area contributed by atoms with E-state index < -0.39 is 0 Å². The molecule has 3 aromatic carbocycles. The van der Waals surface area contributed by atoms with Crippen molar-refractivity contribution in [1.29, 1.82) is 0 Å². The molecule has 2 aliphatic rings. The first-order valence-electron chi connectivity index (χ1n) is 12.6. The summed E-state index contributed by atoms with van der Waals surface area (Å²) in [5, 5.41) is 0. The van der Waals surface area contributed by atoms with Crippen LogP contribution in [0.4, 0.5) is 0 Å². The Morgan fingerprint density at radius 2 is 1.18 bits per heavy atom. The molecule has 3 aromatic rings. The Bertz CT molecular complexity index is 1250. The summed E-state index contributed by atoms with van der Waals surface area (Å²) in [7, 11) is 0. The van der Waals surface area contributed by atoms with Crippen LogP contribution in [0.3, 0.4) is 0 Å². The Balaban J connectivity index is 1.80. The molecule has 3 atom stereocenters. The molecule has 0 spiro atoms. The summed E-state index contributed by atoms with van der Waals surface area (Å²) >= 11 is 0. The van der Waals surface area contributed by atoms with Gasteiger partial charge in [-0.1, -0.05) is 123 Å².